The Morgan fingerprint density at radius 2 is 1.57 bits per heavy atom. The van der Waals surface area contributed by atoms with Crippen LogP contribution < -0.4 is 5.32 Å². The molecule has 0 spiro atoms. The van der Waals surface area contributed by atoms with Gasteiger partial charge in [-0.25, -0.2) is 4.79 Å². The van der Waals surface area contributed by atoms with Gasteiger partial charge < -0.3 is 24.3 Å². The fraction of sp³-hybridized carbons (Fsp3) is 0.714. The molecule has 0 aromatic carbocycles. The van der Waals surface area contributed by atoms with E-state index in [9.17, 15) is 28.8 Å². The fourth-order valence-electron chi connectivity index (χ4n) is 2.36. The number of alkyl halides is 1. The van der Waals surface area contributed by atoms with Crippen molar-refractivity contribution in [1.82, 2.24) is 5.32 Å². The number of amides is 1. The van der Waals surface area contributed by atoms with E-state index in [4.69, 9.17) is 14.2 Å². The third kappa shape index (κ3) is 20.9. The second-order valence-electron chi connectivity index (χ2n) is 7.14. The summed E-state index contributed by atoms with van der Waals surface area (Å²) in [6.45, 7) is 1.77. The average molecular weight is 632 g/mol. The maximum Gasteiger partial charge on any atom is 0.344 e. The van der Waals surface area contributed by atoms with E-state index in [2.05, 4.69) is 25.4 Å². The van der Waals surface area contributed by atoms with Crippen LogP contribution in [0.5, 0.6) is 0 Å². The number of unbranched alkanes of at least 4 members (excludes halogenated alkanes) is 2. The van der Waals surface area contributed by atoms with Crippen LogP contribution in [0.2, 0.25) is 0 Å². The van der Waals surface area contributed by atoms with Gasteiger partial charge in [-0.3, -0.25) is 24.0 Å². The standard InChI is InChI=1S/C21H33IN2O10S/c1-3-19(28)32-12-17(34-21(30)14-31-15(2)25)13-33-20(29)9-8-18(27)23-10-6-4-5-7-16(26)11-22-24-35/h17,35H,3-14H2,1-2H3,(H,23,27). The normalized spacial score (nSPS) is 11.6. The van der Waals surface area contributed by atoms with Crippen molar-refractivity contribution < 1.29 is 47.7 Å². The smallest absolute Gasteiger partial charge is 0.344 e. The minimum Gasteiger partial charge on any atom is -0.462 e. The highest BCUT2D eigenvalue weighted by Gasteiger charge is 2.20. The highest BCUT2D eigenvalue weighted by atomic mass is 127. The lowest BCUT2D eigenvalue weighted by molar-refractivity contribution is -0.171. The predicted molar refractivity (Wildman–Crippen MR) is 135 cm³/mol. The van der Waals surface area contributed by atoms with Crippen LogP contribution in [0.1, 0.15) is 58.8 Å². The number of ketones is 1. The number of rotatable bonds is 19. The fourth-order valence-corrected chi connectivity index (χ4v) is 3.63. The Balaban J connectivity index is 4.18. The summed E-state index contributed by atoms with van der Waals surface area (Å²) in [7, 11) is 0. The van der Waals surface area contributed by atoms with Crippen LogP contribution in [0.25, 0.3) is 0 Å². The predicted octanol–water partition coefficient (Wildman–Crippen LogP) is 1.98. The van der Waals surface area contributed by atoms with E-state index in [0.717, 1.165) is 19.8 Å². The van der Waals surface area contributed by atoms with Gasteiger partial charge in [-0.05, 0) is 25.7 Å². The Labute approximate surface area is 220 Å². The number of ether oxygens (including phenoxy) is 4. The van der Waals surface area contributed by atoms with Crippen molar-refractivity contribution in [1.29, 1.82) is 0 Å². The van der Waals surface area contributed by atoms with Crippen LogP contribution in [0.15, 0.2) is 2.55 Å². The first-order valence-electron chi connectivity index (χ1n) is 11.0. The summed E-state index contributed by atoms with van der Waals surface area (Å²) in [4.78, 5) is 69.2. The number of halogens is 1. The van der Waals surface area contributed by atoms with Gasteiger partial charge >= 0.3 is 23.9 Å². The zero-order valence-corrected chi connectivity index (χ0v) is 23.0. The molecule has 0 bridgehead atoms. The number of esters is 4. The molecule has 0 saturated carbocycles. The molecule has 0 aromatic rings. The van der Waals surface area contributed by atoms with Crippen molar-refractivity contribution in [2.24, 2.45) is 2.55 Å². The number of carbonyl (C=O) groups is 6. The minimum absolute atomic E-state index is 0.0874. The number of nitrogens with zero attached hydrogens (tertiary/aromatic N) is 1. The first kappa shape index (κ1) is 32.9. The molecule has 0 heterocycles. The Hall–Kier alpha value is -2.10. The van der Waals surface area contributed by atoms with Gasteiger partial charge in [0.05, 0.1) is 10.8 Å². The molecule has 12 nitrogen and oxygen atoms in total. The van der Waals surface area contributed by atoms with Gasteiger partial charge in [-0.2, -0.15) is 2.55 Å². The van der Waals surface area contributed by atoms with Crippen molar-refractivity contribution in [3.63, 3.8) is 0 Å². The highest BCUT2D eigenvalue weighted by molar-refractivity contribution is 14.2. The Kier molecular flexibility index (Phi) is 19.9. The summed E-state index contributed by atoms with van der Waals surface area (Å²) in [5.41, 5.74) is 0. The molecule has 0 aliphatic rings. The lowest BCUT2D eigenvalue weighted by atomic mass is 10.1. The molecular formula is C21H33IN2O10S. The third-order valence-corrected chi connectivity index (χ3v) is 6.33. The molecule has 0 aliphatic carbocycles. The number of carbonyl (C=O) groups excluding carboxylic acids is 6. The molecule has 35 heavy (non-hydrogen) atoms. The molecule has 0 radical (unpaired) electrons. The van der Waals surface area contributed by atoms with Gasteiger partial charge in [0, 0.05) is 53.8 Å². The van der Waals surface area contributed by atoms with Gasteiger partial charge in [0.25, 0.3) is 0 Å². The van der Waals surface area contributed by atoms with E-state index in [1.54, 1.807) is 6.92 Å². The lowest BCUT2D eigenvalue weighted by Gasteiger charge is -2.18. The van der Waals surface area contributed by atoms with E-state index >= 15 is 0 Å². The molecule has 0 rings (SSSR count). The van der Waals surface area contributed by atoms with Crippen LogP contribution in [-0.2, 0) is 47.7 Å². The molecule has 0 fully saturated rings. The van der Waals surface area contributed by atoms with Gasteiger partial charge in [0.15, 0.2) is 12.7 Å². The van der Waals surface area contributed by atoms with Crippen LogP contribution in [0, 0.1) is 0 Å². The van der Waals surface area contributed by atoms with Crippen LogP contribution in [-0.4, -0.2) is 72.5 Å². The van der Waals surface area contributed by atoms with Crippen LogP contribution in [0.3, 0.4) is 0 Å². The molecule has 1 amide bonds. The number of hydrogen-bond donors (Lipinski definition) is 2. The molecule has 0 saturated heterocycles. The van der Waals surface area contributed by atoms with Crippen molar-refractivity contribution in [3.8, 4) is 0 Å². The summed E-state index contributed by atoms with van der Waals surface area (Å²) in [6, 6.07) is 0. The summed E-state index contributed by atoms with van der Waals surface area (Å²) < 4.78 is 23.7. The lowest BCUT2D eigenvalue weighted by Crippen LogP contribution is -2.32. The molecule has 0 aromatic heterocycles. The van der Waals surface area contributed by atoms with E-state index in [1.807, 2.05) is 0 Å². The Morgan fingerprint density at radius 1 is 0.886 bits per heavy atom. The molecule has 200 valence electrons. The molecule has 1 atom stereocenters. The number of nitrogens with one attached hydrogen (secondary N) is 1. The van der Waals surface area contributed by atoms with Crippen LogP contribution in [0.4, 0.5) is 0 Å². The average Bonchev–Trinajstić information content (AvgIpc) is 2.83. The van der Waals surface area contributed by atoms with Gasteiger partial charge in [-0.1, -0.05) is 13.3 Å². The van der Waals surface area contributed by atoms with Gasteiger partial charge in [0.2, 0.25) is 5.91 Å². The van der Waals surface area contributed by atoms with E-state index in [0.29, 0.717) is 23.8 Å². The molecular weight excluding hydrogens is 599 g/mol. The monoisotopic (exact) mass is 632 g/mol. The quantitative estimate of drug-likeness (QED) is 0.0538. The molecule has 0 aliphatic heterocycles. The van der Waals surface area contributed by atoms with Crippen molar-refractivity contribution >= 4 is 69.4 Å². The second-order valence-corrected chi connectivity index (χ2v) is 10.0. The van der Waals surface area contributed by atoms with Crippen molar-refractivity contribution in [3.05, 3.63) is 0 Å². The Bertz CT molecular complexity index is 748. The summed E-state index contributed by atoms with van der Waals surface area (Å²) in [6.07, 6.45) is 1.50. The molecule has 1 N–H and O–H groups in total. The first-order chi connectivity index (χ1) is 16.7. The maximum atomic E-state index is 11.9. The summed E-state index contributed by atoms with van der Waals surface area (Å²) in [5, 5.41) is 2.69. The van der Waals surface area contributed by atoms with Crippen LogP contribution >= 0.6 is 33.8 Å². The minimum atomic E-state index is -1.09. The SMILES string of the molecule is CCC(=O)OCC(COC(=O)CCC(=O)NCCCCCC(=O)CI=NS)OC(=O)COC(C)=O. The maximum absolute atomic E-state index is 11.9. The first-order valence-corrected chi connectivity index (χ1v) is 13.9. The van der Waals surface area contributed by atoms with Gasteiger partial charge in [-0.15, -0.1) is 0 Å². The number of Topliss-reactive ketones (excluding diaryl/α,β-unsaturated/α-hetero) is 1. The molecule has 14 heteroatoms. The zero-order valence-electron chi connectivity index (χ0n) is 19.9. The largest absolute Gasteiger partial charge is 0.462 e. The van der Waals surface area contributed by atoms with E-state index in [1.165, 1.54) is 0 Å². The summed E-state index contributed by atoms with van der Waals surface area (Å²) in [5.74, 6) is -2.94. The zero-order chi connectivity index (χ0) is 26.5. The highest BCUT2D eigenvalue weighted by Crippen LogP contribution is 2.07. The van der Waals surface area contributed by atoms with Gasteiger partial charge in [0.1, 0.15) is 19.0 Å². The van der Waals surface area contributed by atoms with Crippen molar-refractivity contribution in [2.45, 2.75) is 64.9 Å². The molecule has 1 unspecified atom stereocenters. The number of hydrogen-bond acceptors (Lipinski definition) is 12. The number of thiol groups is 1. The summed E-state index contributed by atoms with van der Waals surface area (Å²) >= 11 is 3.26. The van der Waals surface area contributed by atoms with E-state index < -0.39 is 64.2 Å². The van der Waals surface area contributed by atoms with Crippen molar-refractivity contribution in [2.75, 3.05) is 30.8 Å². The topological polar surface area (TPSA) is 164 Å². The second kappa shape index (κ2) is 21.2. The Morgan fingerprint density at radius 3 is 2.20 bits per heavy atom. The third-order valence-electron chi connectivity index (χ3n) is 4.11. The van der Waals surface area contributed by atoms with E-state index in [-0.39, 0.29) is 37.6 Å².